The van der Waals surface area contributed by atoms with Crippen molar-refractivity contribution in [2.45, 2.75) is 6.04 Å². The highest BCUT2D eigenvalue weighted by Crippen LogP contribution is 2.24. The molecular weight excluding hydrogens is 250 g/mol. The molecule has 1 rings (SSSR count). The number of nitrogens with two attached hydrogens (primary N) is 1. The summed E-state index contributed by atoms with van der Waals surface area (Å²) in [5.74, 6) is 0. The Hall–Kier alpha value is 0.0600. The molecule has 74 valence electrons. The minimum absolute atomic E-state index is 0.214. The van der Waals surface area contributed by atoms with Crippen LogP contribution in [0, 0.1) is 0 Å². The van der Waals surface area contributed by atoms with Crippen LogP contribution in [0.2, 0.25) is 0 Å². The fourth-order valence-electron chi connectivity index (χ4n) is 1.06. The lowest BCUT2D eigenvalue weighted by Crippen LogP contribution is -2.37. The summed E-state index contributed by atoms with van der Waals surface area (Å²) in [4.78, 5) is 1.25. The van der Waals surface area contributed by atoms with Crippen molar-refractivity contribution >= 4 is 27.3 Å². The highest BCUT2D eigenvalue weighted by molar-refractivity contribution is 9.10. The summed E-state index contributed by atoms with van der Waals surface area (Å²) in [5.41, 5.74) is 8.92. The lowest BCUT2D eigenvalue weighted by molar-refractivity contribution is 0.247. The van der Waals surface area contributed by atoms with Gasteiger partial charge in [0.1, 0.15) is 0 Å². The Morgan fingerprint density at radius 3 is 2.77 bits per heavy atom. The molecule has 0 radical (unpaired) electrons. The van der Waals surface area contributed by atoms with Gasteiger partial charge in [-0.1, -0.05) is 0 Å². The molecule has 3 N–H and O–H groups in total. The first kappa shape index (κ1) is 11.1. The zero-order valence-corrected chi connectivity index (χ0v) is 10.2. The molecule has 1 unspecified atom stereocenters. The largest absolute Gasteiger partial charge is 0.329 e. The fourth-order valence-corrected chi connectivity index (χ4v) is 2.56. The monoisotopic (exact) mass is 263 g/mol. The van der Waals surface area contributed by atoms with E-state index in [2.05, 4.69) is 32.8 Å². The van der Waals surface area contributed by atoms with Crippen LogP contribution in [-0.2, 0) is 0 Å². The number of nitrogens with zero attached hydrogens (tertiary/aromatic N) is 1. The van der Waals surface area contributed by atoms with Gasteiger partial charge in [0.2, 0.25) is 0 Å². The molecule has 0 saturated heterocycles. The van der Waals surface area contributed by atoms with Crippen molar-refractivity contribution in [3.05, 3.63) is 20.8 Å². The van der Waals surface area contributed by atoms with E-state index >= 15 is 0 Å². The molecule has 1 aromatic rings. The van der Waals surface area contributed by atoms with Crippen LogP contribution in [0.25, 0.3) is 0 Å². The number of thiophene rings is 1. The third-order valence-corrected chi connectivity index (χ3v) is 3.39. The minimum Gasteiger partial charge on any atom is -0.329 e. The Morgan fingerprint density at radius 1 is 1.69 bits per heavy atom. The SMILES string of the molecule is CN(C)NC(CN)c1cc(Br)cs1. The van der Waals surface area contributed by atoms with Gasteiger partial charge in [-0.3, -0.25) is 0 Å². The van der Waals surface area contributed by atoms with Crippen molar-refractivity contribution in [2.75, 3.05) is 20.6 Å². The van der Waals surface area contributed by atoms with E-state index in [0.29, 0.717) is 6.54 Å². The van der Waals surface area contributed by atoms with Gasteiger partial charge < -0.3 is 5.73 Å². The van der Waals surface area contributed by atoms with Crippen LogP contribution < -0.4 is 11.2 Å². The third kappa shape index (κ3) is 3.36. The van der Waals surface area contributed by atoms with Crippen LogP contribution in [0.15, 0.2) is 15.9 Å². The van der Waals surface area contributed by atoms with Crippen LogP contribution in [0.1, 0.15) is 10.9 Å². The number of rotatable bonds is 4. The Balaban J connectivity index is 2.66. The lowest BCUT2D eigenvalue weighted by Gasteiger charge is -2.20. The van der Waals surface area contributed by atoms with Gasteiger partial charge in [-0.2, -0.15) is 0 Å². The Bertz CT molecular complexity index is 262. The van der Waals surface area contributed by atoms with Crippen molar-refractivity contribution in [1.29, 1.82) is 0 Å². The average Bonchev–Trinajstić information content (AvgIpc) is 2.47. The van der Waals surface area contributed by atoms with Gasteiger partial charge in [-0.05, 0) is 22.0 Å². The quantitative estimate of drug-likeness (QED) is 0.811. The summed E-state index contributed by atoms with van der Waals surface area (Å²) in [5, 5.41) is 3.99. The maximum absolute atomic E-state index is 5.66. The lowest BCUT2D eigenvalue weighted by atomic mass is 10.2. The zero-order chi connectivity index (χ0) is 9.84. The van der Waals surface area contributed by atoms with Crippen LogP contribution >= 0.6 is 27.3 Å². The summed E-state index contributed by atoms with van der Waals surface area (Å²) in [6.45, 7) is 0.602. The van der Waals surface area contributed by atoms with E-state index in [1.807, 2.05) is 19.1 Å². The predicted molar refractivity (Wildman–Crippen MR) is 60.6 cm³/mol. The van der Waals surface area contributed by atoms with Gasteiger partial charge in [-0.25, -0.2) is 10.4 Å². The first-order chi connectivity index (χ1) is 6.13. The van der Waals surface area contributed by atoms with Crippen molar-refractivity contribution in [2.24, 2.45) is 5.73 Å². The normalized spacial score (nSPS) is 13.6. The van der Waals surface area contributed by atoms with Gasteiger partial charge >= 0.3 is 0 Å². The predicted octanol–water partition coefficient (Wildman–Crippen LogP) is 1.58. The minimum atomic E-state index is 0.214. The summed E-state index contributed by atoms with van der Waals surface area (Å²) < 4.78 is 1.12. The second kappa shape index (κ2) is 5.07. The standard InChI is InChI=1S/C8H14BrN3S/c1-12(2)11-7(4-10)8-3-6(9)5-13-8/h3,5,7,11H,4,10H2,1-2H3. The van der Waals surface area contributed by atoms with Crippen LogP contribution in [0.3, 0.4) is 0 Å². The Kier molecular flexibility index (Phi) is 4.34. The number of hydrogen-bond donors (Lipinski definition) is 2. The third-order valence-electron chi connectivity index (χ3n) is 1.58. The molecule has 5 heteroatoms. The van der Waals surface area contributed by atoms with E-state index in [0.717, 1.165) is 4.47 Å². The van der Waals surface area contributed by atoms with E-state index in [1.165, 1.54) is 4.88 Å². The highest BCUT2D eigenvalue weighted by atomic mass is 79.9. The van der Waals surface area contributed by atoms with E-state index in [9.17, 15) is 0 Å². The van der Waals surface area contributed by atoms with E-state index in [1.54, 1.807) is 11.3 Å². The van der Waals surface area contributed by atoms with E-state index in [-0.39, 0.29) is 6.04 Å². The van der Waals surface area contributed by atoms with Crippen LogP contribution in [0.5, 0.6) is 0 Å². The second-order valence-electron chi connectivity index (χ2n) is 2.98. The molecule has 13 heavy (non-hydrogen) atoms. The molecule has 1 heterocycles. The molecule has 0 amide bonds. The first-order valence-electron chi connectivity index (χ1n) is 4.01. The molecule has 3 nitrogen and oxygen atoms in total. The van der Waals surface area contributed by atoms with Crippen LogP contribution in [-0.4, -0.2) is 25.6 Å². The molecule has 0 fully saturated rings. The summed E-state index contributed by atoms with van der Waals surface area (Å²) in [7, 11) is 3.93. The fraction of sp³-hybridized carbons (Fsp3) is 0.500. The smallest absolute Gasteiger partial charge is 0.0680 e. The number of hydrazine groups is 1. The summed E-state index contributed by atoms with van der Waals surface area (Å²) >= 11 is 5.13. The first-order valence-corrected chi connectivity index (χ1v) is 5.68. The Morgan fingerprint density at radius 2 is 2.38 bits per heavy atom. The number of halogens is 1. The van der Waals surface area contributed by atoms with Crippen molar-refractivity contribution in [1.82, 2.24) is 10.4 Å². The van der Waals surface area contributed by atoms with Crippen molar-refractivity contribution in [3.8, 4) is 0 Å². The summed E-state index contributed by atoms with van der Waals surface area (Å²) in [6.07, 6.45) is 0. The second-order valence-corrected chi connectivity index (χ2v) is 4.84. The zero-order valence-electron chi connectivity index (χ0n) is 7.75. The molecule has 0 aliphatic rings. The molecule has 0 spiro atoms. The van der Waals surface area contributed by atoms with Gasteiger partial charge in [0, 0.05) is 35.4 Å². The average molecular weight is 264 g/mol. The van der Waals surface area contributed by atoms with Crippen molar-refractivity contribution < 1.29 is 0 Å². The van der Waals surface area contributed by atoms with Crippen LogP contribution in [0.4, 0.5) is 0 Å². The molecule has 0 aliphatic carbocycles. The molecule has 0 bridgehead atoms. The van der Waals surface area contributed by atoms with E-state index < -0.39 is 0 Å². The highest BCUT2D eigenvalue weighted by Gasteiger charge is 2.11. The maximum Gasteiger partial charge on any atom is 0.0680 e. The maximum atomic E-state index is 5.66. The van der Waals surface area contributed by atoms with Gasteiger partial charge in [0.05, 0.1) is 6.04 Å². The topological polar surface area (TPSA) is 41.3 Å². The molecule has 0 aromatic carbocycles. The van der Waals surface area contributed by atoms with E-state index in [4.69, 9.17) is 5.73 Å². The molecular formula is C8H14BrN3S. The molecule has 1 aromatic heterocycles. The number of hydrogen-bond acceptors (Lipinski definition) is 4. The molecule has 1 atom stereocenters. The molecule has 0 aliphatic heterocycles. The Labute approximate surface area is 91.0 Å². The van der Waals surface area contributed by atoms with Crippen molar-refractivity contribution in [3.63, 3.8) is 0 Å². The number of nitrogens with one attached hydrogen (secondary N) is 1. The van der Waals surface area contributed by atoms with Gasteiger partial charge in [-0.15, -0.1) is 11.3 Å². The summed E-state index contributed by atoms with van der Waals surface area (Å²) in [6, 6.07) is 2.31. The van der Waals surface area contributed by atoms with Gasteiger partial charge in [0.15, 0.2) is 0 Å². The molecule has 0 saturated carbocycles. The van der Waals surface area contributed by atoms with Gasteiger partial charge in [0.25, 0.3) is 0 Å².